The molecule has 0 aliphatic carbocycles. The van der Waals surface area contributed by atoms with Gasteiger partial charge in [0.1, 0.15) is 5.69 Å². The monoisotopic (exact) mass is 283 g/mol. The van der Waals surface area contributed by atoms with Crippen molar-refractivity contribution in [3.05, 3.63) is 42.0 Å². The number of hydrogen-bond acceptors (Lipinski definition) is 4. The number of H-pyrrole nitrogens is 1. The molecular formula is C15H13N3O3. The number of hydrogen-bond donors (Lipinski definition) is 3. The number of amides is 1. The van der Waals surface area contributed by atoms with Crippen LogP contribution in [0.5, 0.6) is 11.5 Å². The molecule has 0 fully saturated rings. The Kier molecular flexibility index (Phi) is 2.98. The molecule has 0 atom stereocenters. The molecular weight excluding hydrogens is 270 g/mol. The Morgan fingerprint density at radius 3 is 2.76 bits per heavy atom. The van der Waals surface area contributed by atoms with E-state index in [4.69, 9.17) is 10.5 Å². The number of nitrogens with one attached hydrogen (secondary N) is 1. The highest BCUT2D eigenvalue weighted by Gasteiger charge is 2.12. The minimum atomic E-state index is -0.498. The van der Waals surface area contributed by atoms with E-state index in [-0.39, 0.29) is 5.75 Å². The van der Waals surface area contributed by atoms with Crippen LogP contribution in [-0.4, -0.2) is 28.3 Å². The van der Waals surface area contributed by atoms with Gasteiger partial charge in [-0.25, -0.2) is 0 Å². The molecule has 21 heavy (non-hydrogen) atoms. The van der Waals surface area contributed by atoms with Gasteiger partial charge in [0.15, 0.2) is 11.5 Å². The van der Waals surface area contributed by atoms with Crippen molar-refractivity contribution in [2.45, 2.75) is 0 Å². The number of carbonyl (C=O) groups excluding carboxylic acids is 1. The van der Waals surface area contributed by atoms with Gasteiger partial charge in [-0.15, -0.1) is 0 Å². The van der Waals surface area contributed by atoms with Gasteiger partial charge in [0.05, 0.1) is 12.6 Å². The number of aromatic amines is 1. The maximum atomic E-state index is 11.3. The maximum absolute atomic E-state index is 11.3. The first-order chi connectivity index (χ1) is 10.1. The number of aromatic hydroxyl groups is 1. The molecule has 1 heterocycles. The summed E-state index contributed by atoms with van der Waals surface area (Å²) in [6.07, 6.45) is 0. The Bertz CT molecular complexity index is 839. The normalized spacial score (nSPS) is 10.7. The second-order valence-electron chi connectivity index (χ2n) is 4.58. The van der Waals surface area contributed by atoms with Crippen LogP contribution in [0.4, 0.5) is 0 Å². The van der Waals surface area contributed by atoms with E-state index in [9.17, 15) is 9.90 Å². The van der Waals surface area contributed by atoms with Crippen molar-refractivity contribution in [1.29, 1.82) is 0 Å². The maximum Gasteiger partial charge on any atom is 0.248 e. The molecule has 0 saturated carbocycles. The largest absolute Gasteiger partial charge is 0.504 e. The summed E-state index contributed by atoms with van der Waals surface area (Å²) in [5.74, 6) is -0.0877. The minimum absolute atomic E-state index is 0.0252. The molecule has 0 aliphatic heterocycles. The summed E-state index contributed by atoms with van der Waals surface area (Å²) in [5.41, 5.74) is 7.83. The number of ether oxygens (including phenoxy) is 1. The number of methoxy groups -OCH3 is 1. The SMILES string of the molecule is COc1ccc(-c2n[nH]c3ccc(C(N)=O)cc23)cc1O. The number of rotatable bonds is 3. The third-order valence-corrected chi connectivity index (χ3v) is 3.30. The van der Waals surface area contributed by atoms with Gasteiger partial charge in [0.2, 0.25) is 5.91 Å². The van der Waals surface area contributed by atoms with Gasteiger partial charge in [-0.1, -0.05) is 0 Å². The van der Waals surface area contributed by atoms with Gasteiger partial charge in [0, 0.05) is 16.5 Å². The highest BCUT2D eigenvalue weighted by Crippen LogP contribution is 2.33. The molecule has 3 rings (SSSR count). The molecule has 1 aromatic heterocycles. The molecule has 0 saturated heterocycles. The second kappa shape index (κ2) is 4.82. The fourth-order valence-corrected chi connectivity index (χ4v) is 2.22. The van der Waals surface area contributed by atoms with Crippen LogP contribution in [0, 0.1) is 0 Å². The molecule has 106 valence electrons. The number of nitrogens with two attached hydrogens (primary N) is 1. The van der Waals surface area contributed by atoms with Crippen LogP contribution in [0.25, 0.3) is 22.2 Å². The minimum Gasteiger partial charge on any atom is -0.504 e. The van der Waals surface area contributed by atoms with E-state index < -0.39 is 5.91 Å². The zero-order valence-electron chi connectivity index (χ0n) is 11.3. The summed E-state index contributed by atoms with van der Waals surface area (Å²) in [6, 6.07) is 10.1. The van der Waals surface area contributed by atoms with Gasteiger partial charge in [0.25, 0.3) is 0 Å². The molecule has 0 aliphatic rings. The van der Waals surface area contributed by atoms with Crippen molar-refractivity contribution >= 4 is 16.8 Å². The molecule has 6 heteroatoms. The van der Waals surface area contributed by atoms with E-state index >= 15 is 0 Å². The predicted octanol–water partition coefficient (Wildman–Crippen LogP) is 2.04. The highest BCUT2D eigenvalue weighted by molar-refractivity contribution is 6.00. The summed E-state index contributed by atoms with van der Waals surface area (Å²) in [4.78, 5) is 11.3. The molecule has 4 N–H and O–H groups in total. The Hall–Kier alpha value is -3.02. The van der Waals surface area contributed by atoms with E-state index in [2.05, 4.69) is 10.2 Å². The predicted molar refractivity (Wildman–Crippen MR) is 78.3 cm³/mol. The van der Waals surface area contributed by atoms with Crippen molar-refractivity contribution in [2.24, 2.45) is 5.73 Å². The van der Waals surface area contributed by atoms with Gasteiger partial charge in [-0.2, -0.15) is 5.10 Å². The Morgan fingerprint density at radius 1 is 1.29 bits per heavy atom. The Balaban J connectivity index is 2.18. The lowest BCUT2D eigenvalue weighted by atomic mass is 10.0. The zero-order chi connectivity index (χ0) is 15.0. The summed E-state index contributed by atoms with van der Waals surface area (Å²) in [7, 11) is 1.48. The number of fused-ring (bicyclic) bond motifs is 1. The summed E-state index contributed by atoms with van der Waals surface area (Å²) in [5, 5.41) is 17.7. The fraction of sp³-hybridized carbons (Fsp3) is 0.0667. The molecule has 1 amide bonds. The van der Waals surface area contributed by atoms with E-state index in [0.29, 0.717) is 22.6 Å². The lowest BCUT2D eigenvalue weighted by molar-refractivity contribution is 0.100. The molecule has 3 aromatic rings. The van der Waals surface area contributed by atoms with E-state index in [1.54, 1.807) is 36.4 Å². The van der Waals surface area contributed by atoms with Crippen LogP contribution in [0.1, 0.15) is 10.4 Å². The van der Waals surface area contributed by atoms with Crippen molar-refractivity contribution in [3.63, 3.8) is 0 Å². The lowest BCUT2D eigenvalue weighted by Crippen LogP contribution is -2.10. The second-order valence-corrected chi connectivity index (χ2v) is 4.58. The van der Waals surface area contributed by atoms with Crippen LogP contribution < -0.4 is 10.5 Å². The first-order valence-corrected chi connectivity index (χ1v) is 6.25. The number of nitrogens with zero attached hydrogens (tertiary/aromatic N) is 1. The summed E-state index contributed by atoms with van der Waals surface area (Å²) >= 11 is 0. The fourth-order valence-electron chi connectivity index (χ4n) is 2.22. The first-order valence-electron chi connectivity index (χ1n) is 6.25. The quantitative estimate of drug-likeness (QED) is 0.684. The average Bonchev–Trinajstić information content (AvgIpc) is 2.90. The Morgan fingerprint density at radius 2 is 2.10 bits per heavy atom. The smallest absolute Gasteiger partial charge is 0.248 e. The molecule has 6 nitrogen and oxygen atoms in total. The molecule has 0 spiro atoms. The van der Waals surface area contributed by atoms with Crippen LogP contribution in [0.2, 0.25) is 0 Å². The van der Waals surface area contributed by atoms with E-state index in [1.807, 2.05) is 0 Å². The van der Waals surface area contributed by atoms with Crippen molar-refractivity contribution in [3.8, 4) is 22.8 Å². The van der Waals surface area contributed by atoms with Crippen LogP contribution in [-0.2, 0) is 0 Å². The van der Waals surface area contributed by atoms with Crippen LogP contribution in [0.15, 0.2) is 36.4 Å². The number of carbonyl (C=O) groups is 1. The number of aromatic nitrogens is 2. The molecule has 2 aromatic carbocycles. The third kappa shape index (κ3) is 2.16. The van der Waals surface area contributed by atoms with Gasteiger partial charge < -0.3 is 15.6 Å². The zero-order valence-corrected chi connectivity index (χ0v) is 11.3. The third-order valence-electron chi connectivity index (χ3n) is 3.30. The highest BCUT2D eigenvalue weighted by atomic mass is 16.5. The summed E-state index contributed by atoms with van der Waals surface area (Å²) in [6.45, 7) is 0. The van der Waals surface area contributed by atoms with E-state index in [0.717, 1.165) is 10.9 Å². The standard InChI is InChI=1S/C15H13N3O3/c1-21-13-5-3-8(7-12(13)19)14-10-6-9(15(16)20)2-4-11(10)17-18-14/h2-7,19H,1H3,(H2,16,20)(H,17,18). The molecule has 0 unspecified atom stereocenters. The average molecular weight is 283 g/mol. The summed E-state index contributed by atoms with van der Waals surface area (Å²) < 4.78 is 5.02. The van der Waals surface area contributed by atoms with Crippen molar-refractivity contribution in [1.82, 2.24) is 10.2 Å². The first kappa shape index (κ1) is 13.0. The van der Waals surface area contributed by atoms with Gasteiger partial charge >= 0.3 is 0 Å². The Labute approximate surface area is 120 Å². The van der Waals surface area contributed by atoms with Gasteiger partial charge in [-0.3, -0.25) is 9.89 Å². The van der Waals surface area contributed by atoms with E-state index in [1.165, 1.54) is 7.11 Å². The molecule has 0 bridgehead atoms. The number of phenols is 1. The van der Waals surface area contributed by atoms with Crippen molar-refractivity contribution < 1.29 is 14.6 Å². The topological polar surface area (TPSA) is 101 Å². The number of primary amides is 1. The van der Waals surface area contributed by atoms with Crippen molar-refractivity contribution in [2.75, 3.05) is 7.11 Å². The lowest BCUT2D eigenvalue weighted by Gasteiger charge is -2.05. The number of phenolic OH excluding ortho intramolecular Hbond substituents is 1. The van der Waals surface area contributed by atoms with Gasteiger partial charge in [-0.05, 0) is 36.4 Å². The number of benzene rings is 2. The van der Waals surface area contributed by atoms with Crippen LogP contribution in [0.3, 0.4) is 0 Å². The van der Waals surface area contributed by atoms with Crippen LogP contribution >= 0.6 is 0 Å². The molecule has 0 radical (unpaired) electrons.